The Morgan fingerprint density at radius 3 is 2.25 bits per heavy atom. The fraction of sp³-hybridized carbons (Fsp3) is 0.188. The number of ether oxygens (including phenoxy) is 3. The lowest BCUT2D eigenvalue weighted by Gasteiger charge is -2.29. The number of aromatic nitrogens is 3. The number of methoxy groups -OCH3 is 1. The summed E-state index contributed by atoms with van der Waals surface area (Å²) in [6.45, 7) is 1.69. The molecular formula is C32H28N6O5S. The Hall–Kier alpha value is -5.36. The zero-order valence-electron chi connectivity index (χ0n) is 23.8. The van der Waals surface area contributed by atoms with Crippen LogP contribution in [0.5, 0.6) is 29.3 Å². The number of hydrogen-bond acceptors (Lipinski definition) is 10. The molecule has 2 saturated heterocycles. The summed E-state index contributed by atoms with van der Waals surface area (Å²) in [5.74, 6) is 1.01. The first-order chi connectivity index (χ1) is 21.5. The number of carbonyl (C=O) groups excluding carboxylic acids is 2. The number of piperidine rings is 1. The van der Waals surface area contributed by atoms with Gasteiger partial charge in [0.1, 0.15) is 22.8 Å². The maximum Gasteiger partial charge on any atom is 0.330 e. The Morgan fingerprint density at radius 2 is 1.50 bits per heavy atom. The van der Waals surface area contributed by atoms with Crippen molar-refractivity contribution in [2.24, 2.45) is 0 Å². The van der Waals surface area contributed by atoms with Gasteiger partial charge in [-0.25, -0.2) is 0 Å². The quantitative estimate of drug-likeness (QED) is 0.161. The largest absolute Gasteiger partial charge is 0.467 e. The number of rotatable bonds is 8. The molecule has 1 N–H and O–H groups in total. The molecule has 0 saturated carbocycles. The number of amides is 2. The molecule has 222 valence electrons. The molecule has 1 aromatic heterocycles. The molecule has 11 nitrogen and oxygen atoms in total. The molecule has 0 spiro atoms. The molecule has 3 aromatic carbocycles. The van der Waals surface area contributed by atoms with E-state index in [0.29, 0.717) is 34.4 Å². The smallest absolute Gasteiger partial charge is 0.330 e. The minimum atomic E-state index is -0.597. The van der Waals surface area contributed by atoms with Crippen molar-refractivity contribution in [1.29, 1.82) is 0 Å². The van der Waals surface area contributed by atoms with E-state index in [-0.39, 0.29) is 22.7 Å². The molecule has 3 heterocycles. The van der Waals surface area contributed by atoms with Crippen molar-refractivity contribution in [2.75, 3.05) is 30.0 Å². The number of para-hydroxylation sites is 1. The third-order valence-electron chi connectivity index (χ3n) is 6.96. The van der Waals surface area contributed by atoms with Gasteiger partial charge in [-0.15, -0.1) is 4.98 Å². The van der Waals surface area contributed by atoms with Crippen LogP contribution in [0, 0.1) is 0 Å². The van der Waals surface area contributed by atoms with Gasteiger partial charge in [0, 0.05) is 13.1 Å². The number of benzene rings is 3. The average molecular weight is 609 g/mol. The summed E-state index contributed by atoms with van der Waals surface area (Å²) < 4.78 is 17.1. The second-order valence-electron chi connectivity index (χ2n) is 9.99. The Kier molecular flexibility index (Phi) is 8.41. The van der Waals surface area contributed by atoms with Gasteiger partial charge < -0.3 is 19.1 Å². The van der Waals surface area contributed by atoms with Crippen LogP contribution in [0.4, 0.5) is 11.6 Å². The molecule has 2 aliphatic rings. The van der Waals surface area contributed by atoms with Crippen molar-refractivity contribution >= 4 is 46.9 Å². The van der Waals surface area contributed by atoms with Gasteiger partial charge in [0.15, 0.2) is 5.11 Å². The minimum absolute atomic E-state index is 0.0146. The highest BCUT2D eigenvalue weighted by Gasteiger charge is 2.34. The molecule has 0 aliphatic carbocycles. The van der Waals surface area contributed by atoms with E-state index in [2.05, 4.69) is 25.2 Å². The number of nitrogens with zero attached hydrogens (tertiary/aromatic N) is 5. The van der Waals surface area contributed by atoms with Gasteiger partial charge in [-0.05, 0) is 91.7 Å². The van der Waals surface area contributed by atoms with Crippen LogP contribution < -0.4 is 29.3 Å². The van der Waals surface area contributed by atoms with E-state index in [0.717, 1.165) is 25.9 Å². The third-order valence-corrected chi connectivity index (χ3v) is 7.24. The summed E-state index contributed by atoms with van der Waals surface area (Å²) in [4.78, 5) is 42.9. The van der Waals surface area contributed by atoms with Crippen molar-refractivity contribution in [3.8, 4) is 29.3 Å². The maximum atomic E-state index is 13.6. The van der Waals surface area contributed by atoms with E-state index in [1.54, 1.807) is 48.5 Å². The summed E-state index contributed by atoms with van der Waals surface area (Å²) in [5.41, 5.74) is 0.948. The predicted molar refractivity (Wildman–Crippen MR) is 168 cm³/mol. The lowest BCUT2D eigenvalue weighted by molar-refractivity contribution is -0.122. The molecule has 0 unspecified atom stereocenters. The van der Waals surface area contributed by atoms with Crippen molar-refractivity contribution in [3.05, 3.63) is 90.0 Å². The van der Waals surface area contributed by atoms with Crippen LogP contribution in [0.15, 0.2) is 84.4 Å². The number of anilines is 2. The van der Waals surface area contributed by atoms with E-state index >= 15 is 0 Å². The molecule has 0 bridgehead atoms. The fourth-order valence-electron chi connectivity index (χ4n) is 4.82. The number of carbonyl (C=O) groups is 2. The molecule has 0 atom stereocenters. The van der Waals surface area contributed by atoms with Crippen LogP contribution in [0.2, 0.25) is 0 Å². The summed E-state index contributed by atoms with van der Waals surface area (Å²) >= 11 is 5.35. The van der Waals surface area contributed by atoms with Crippen molar-refractivity contribution in [2.45, 2.75) is 19.3 Å². The minimum Gasteiger partial charge on any atom is -0.467 e. The number of thiocarbonyl (C=S) groups is 1. The monoisotopic (exact) mass is 608 g/mol. The first kappa shape index (κ1) is 28.7. The highest BCUT2D eigenvalue weighted by molar-refractivity contribution is 7.80. The van der Waals surface area contributed by atoms with E-state index in [1.807, 2.05) is 30.3 Å². The second kappa shape index (κ2) is 12.9. The molecule has 44 heavy (non-hydrogen) atoms. The zero-order valence-corrected chi connectivity index (χ0v) is 24.6. The van der Waals surface area contributed by atoms with Gasteiger partial charge in [0.05, 0.1) is 12.8 Å². The lowest BCUT2D eigenvalue weighted by atomic mass is 10.1. The molecule has 4 aromatic rings. The summed E-state index contributed by atoms with van der Waals surface area (Å²) in [6, 6.07) is 23.3. The maximum absolute atomic E-state index is 13.6. The van der Waals surface area contributed by atoms with Crippen LogP contribution in [0.3, 0.4) is 0 Å². The number of nitrogens with one attached hydrogen (secondary N) is 1. The van der Waals surface area contributed by atoms with Crippen LogP contribution in [0.25, 0.3) is 6.08 Å². The molecule has 2 amide bonds. The van der Waals surface area contributed by atoms with E-state index < -0.39 is 11.8 Å². The van der Waals surface area contributed by atoms with Crippen molar-refractivity contribution in [1.82, 2.24) is 20.3 Å². The lowest BCUT2D eigenvalue weighted by Crippen LogP contribution is -2.54. The second-order valence-corrected chi connectivity index (χ2v) is 10.4. The van der Waals surface area contributed by atoms with Gasteiger partial charge in [0.2, 0.25) is 5.95 Å². The van der Waals surface area contributed by atoms with Crippen LogP contribution in [-0.2, 0) is 9.59 Å². The Morgan fingerprint density at radius 1 is 0.795 bits per heavy atom. The van der Waals surface area contributed by atoms with Gasteiger partial charge in [-0.2, -0.15) is 9.97 Å². The first-order valence-electron chi connectivity index (χ1n) is 14.0. The standard InChI is InChI=1S/C32H28N6O5S/c1-41-30-34-29(37-17-6-3-7-18-37)35-31(36-30)43-25-12-8-9-21(19-25)20-26-27(39)33-32(44)38(28(26)40)22-13-15-24(16-14-22)42-23-10-4-2-5-11-23/h2,4-5,8-16,19-20H,3,6-7,17-18H2,1H3,(H,33,39,44)/b26-20+. The topological polar surface area (TPSA) is 119 Å². The SMILES string of the molecule is COc1nc(Oc2cccc(/C=C3\C(=O)NC(=S)N(c4ccc(Oc5ccccc5)cc4)C3=O)c2)nc(N2CCCCC2)n1. The average Bonchev–Trinajstić information content (AvgIpc) is 3.05. The van der Waals surface area contributed by atoms with Crippen molar-refractivity contribution in [3.63, 3.8) is 0 Å². The highest BCUT2D eigenvalue weighted by Crippen LogP contribution is 2.28. The van der Waals surface area contributed by atoms with Crippen LogP contribution >= 0.6 is 12.2 Å². The predicted octanol–water partition coefficient (Wildman–Crippen LogP) is 5.29. The van der Waals surface area contributed by atoms with E-state index in [1.165, 1.54) is 24.5 Å². The van der Waals surface area contributed by atoms with Crippen LogP contribution in [0.1, 0.15) is 24.8 Å². The Balaban J connectivity index is 1.21. The van der Waals surface area contributed by atoms with Crippen LogP contribution in [-0.4, -0.2) is 52.1 Å². The van der Waals surface area contributed by atoms with Gasteiger partial charge >= 0.3 is 12.0 Å². The summed E-state index contributed by atoms with van der Waals surface area (Å²) in [7, 11) is 1.49. The molecule has 12 heteroatoms. The fourth-order valence-corrected chi connectivity index (χ4v) is 5.10. The Bertz CT molecular complexity index is 1730. The van der Waals surface area contributed by atoms with Gasteiger partial charge in [-0.3, -0.25) is 19.8 Å². The Labute approximate surface area is 259 Å². The van der Waals surface area contributed by atoms with Gasteiger partial charge in [0.25, 0.3) is 11.8 Å². The molecule has 6 rings (SSSR count). The van der Waals surface area contributed by atoms with E-state index in [9.17, 15) is 9.59 Å². The van der Waals surface area contributed by atoms with E-state index in [4.69, 9.17) is 26.4 Å². The molecule has 2 aliphatic heterocycles. The zero-order chi connectivity index (χ0) is 30.5. The number of hydrogen-bond donors (Lipinski definition) is 1. The molecule has 2 fully saturated rings. The summed E-state index contributed by atoms with van der Waals surface area (Å²) in [5, 5.41) is 2.59. The van der Waals surface area contributed by atoms with Gasteiger partial charge in [-0.1, -0.05) is 30.3 Å². The molecular weight excluding hydrogens is 580 g/mol. The molecule has 0 radical (unpaired) electrons. The summed E-state index contributed by atoms with van der Waals surface area (Å²) in [6.07, 6.45) is 4.77. The normalized spacial score (nSPS) is 16.1. The van der Waals surface area contributed by atoms with Crippen molar-refractivity contribution < 1.29 is 23.8 Å². The highest BCUT2D eigenvalue weighted by atomic mass is 32.1. The first-order valence-corrected chi connectivity index (χ1v) is 14.4. The third kappa shape index (κ3) is 6.50.